The highest BCUT2D eigenvalue weighted by Crippen LogP contribution is 2.30. The standard InChI is InChI=1S/C22H24N4O8/c1-15(27)32-21-19(24-25-23)22(34-26(28)29)33-18(14-30-12-16-8-4-2-5-9-16)20(21)31-13-17-10-6-3-7-11-17/h2-11,18-22H,12-14H2,1H3/t18-,19-,20+,21-,22?/m1/s1. The van der Waals surface area contributed by atoms with Gasteiger partial charge >= 0.3 is 5.97 Å². The number of esters is 1. The lowest BCUT2D eigenvalue weighted by Gasteiger charge is -2.43. The SMILES string of the molecule is CC(=O)O[C@H]1[C@@H](OCc2ccccc2)[C@@H](COCc2ccccc2)OC(O[N+](=O)[O-])[C@@H]1N=[N+]=[N-]. The molecule has 180 valence electrons. The molecule has 0 amide bonds. The number of carbonyl (C=O) groups is 1. The molecule has 1 unspecified atom stereocenters. The van der Waals surface area contributed by atoms with E-state index in [4.69, 9.17) is 24.5 Å². The summed E-state index contributed by atoms with van der Waals surface area (Å²) in [6.07, 6.45) is -4.76. The zero-order chi connectivity index (χ0) is 24.3. The maximum absolute atomic E-state index is 11.9. The van der Waals surface area contributed by atoms with E-state index in [9.17, 15) is 14.9 Å². The van der Waals surface area contributed by atoms with Gasteiger partial charge in [0, 0.05) is 11.8 Å². The molecule has 2 aromatic carbocycles. The van der Waals surface area contributed by atoms with Crippen molar-refractivity contribution in [1.29, 1.82) is 0 Å². The van der Waals surface area contributed by atoms with E-state index in [1.165, 1.54) is 6.92 Å². The van der Waals surface area contributed by atoms with E-state index in [2.05, 4.69) is 14.9 Å². The highest BCUT2D eigenvalue weighted by Gasteiger charge is 2.50. The molecule has 1 saturated heterocycles. The van der Waals surface area contributed by atoms with Crippen LogP contribution in [0.1, 0.15) is 18.1 Å². The van der Waals surface area contributed by atoms with Crippen LogP contribution in [0.4, 0.5) is 0 Å². The van der Waals surface area contributed by atoms with Crippen LogP contribution in [-0.4, -0.2) is 48.3 Å². The number of hydrogen-bond donors (Lipinski definition) is 0. The van der Waals surface area contributed by atoms with Crippen LogP contribution in [0.2, 0.25) is 0 Å². The van der Waals surface area contributed by atoms with Crippen LogP contribution in [0.25, 0.3) is 10.4 Å². The summed E-state index contributed by atoms with van der Waals surface area (Å²) in [5.74, 6) is -0.692. The Kier molecular flexibility index (Phi) is 9.18. The van der Waals surface area contributed by atoms with Crippen molar-refractivity contribution in [2.24, 2.45) is 5.11 Å². The Labute approximate surface area is 195 Å². The zero-order valence-electron chi connectivity index (χ0n) is 18.3. The maximum Gasteiger partial charge on any atom is 0.303 e. The molecule has 0 radical (unpaired) electrons. The predicted molar refractivity (Wildman–Crippen MR) is 116 cm³/mol. The number of carbonyl (C=O) groups excluding carboxylic acids is 1. The van der Waals surface area contributed by atoms with Crippen LogP contribution in [0.5, 0.6) is 0 Å². The van der Waals surface area contributed by atoms with Crippen molar-refractivity contribution >= 4 is 5.97 Å². The number of hydrogen-bond acceptors (Lipinski definition) is 9. The first-order valence-electron chi connectivity index (χ1n) is 10.4. The first-order chi connectivity index (χ1) is 16.5. The number of rotatable bonds is 11. The van der Waals surface area contributed by atoms with Gasteiger partial charge in [-0.3, -0.25) is 9.63 Å². The molecule has 34 heavy (non-hydrogen) atoms. The van der Waals surface area contributed by atoms with Gasteiger partial charge in [-0.25, -0.2) is 0 Å². The summed E-state index contributed by atoms with van der Waals surface area (Å²) in [5, 5.41) is 13.5. The Morgan fingerprint density at radius 2 is 1.71 bits per heavy atom. The minimum Gasteiger partial charge on any atom is -0.459 e. The fourth-order valence-electron chi connectivity index (χ4n) is 3.54. The van der Waals surface area contributed by atoms with Crippen molar-refractivity contribution in [3.05, 3.63) is 92.3 Å². The average Bonchev–Trinajstić information content (AvgIpc) is 2.81. The number of nitrogens with zero attached hydrogens (tertiary/aromatic N) is 4. The summed E-state index contributed by atoms with van der Waals surface area (Å²) in [7, 11) is 0. The lowest BCUT2D eigenvalue weighted by molar-refractivity contribution is -0.783. The maximum atomic E-state index is 11.9. The Hall–Kier alpha value is -3.70. The molecule has 0 saturated carbocycles. The summed E-state index contributed by atoms with van der Waals surface area (Å²) in [5.41, 5.74) is 10.8. The molecule has 2 aromatic rings. The van der Waals surface area contributed by atoms with Gasteiger partial charge in [-0.05, 0) is 16.7 Å². The van der Waals surface area contributed by atoms with Gasteiger partial charge in [0.15, 0.2) is 0 Å². The van der Waals surface area contributed by atoms with Crippen molar-refractivity contribution in [3.63, 3.8) is 0 Å². The molecule has 12 nitrogen and oxygen atoms in total. The van der Waals surface area contributed by atoms with Crippen LogP contribution in [-0.2, 0) is 41.8 Å². The first kappa shape index (κ1) is 24.9. The molecule has 1 heterocycles. The first-order valence-corrected chi connectivity index (χ1v) is 10.4. The Morgan fingerprint density at radius 3 is 2.26 bits per heavy atom. The summed E-state index contributed by atoms with van der Waals surface area (Å²) >= 11 is 0. The van der Waals surface area contributed by atoms with Crippen LogP contribution in [0.15, 0.2) is 65.8 Å². The second-order valence-electron chi connectivity index (χ2n) is 7.40. The topological polar surface area (TPSA) is 155 Å². The molecular weight excluding hydrogens is 448 g/mol. The molecule has 0 aromatic heterocycles. The monoisotopic (exact) mass is 472 g/mol. The van der Waals surface area contributed by atoms with Gasteiger partial charge in [-0.1, -0.05) is 65.8 Å². The van der Waals surface area contributed by atoms with Crippen molar-refractivity contribution < 1.29 is 33.7 Å². The molecule has 1 aliphatic rings. The van der Waals surface area contributed by atoms with Crippen LogP contribution in [0, 0.1) is 10.1 Å². The zero-order valence-corrected chi connectivity index (χ0v) is 18.3. The predicted octanol–water partition coefficient (Wildman–Crippen LogP) is 3.33. The highest BCUT2D eigenvalue weighted by molar-refractivity contribution is 5.66. The van der Waals surface area contributed by atoms with Gasteiger partial charge in [0.25, 0.3) is 5.09 Å². The largest absolute Gasteiger partial charge is 0.459 e. The quantitative estimate of drug-likeness (QED) is 0.120. The molecule has 0 N–H and O–H groups in total. The summed E-state index contributed by atoms with van der Waals surface area (Å²) in [4.78, 5) is 30.2. The van der Waals surface area contributed by atoms with Gasteiger partial charge in [0.1, 0.15) is 24.4 Å². The minimum absolute atomic E-state index is 0.0628. The molecule has 1 aliphatic heterocycles. The van der Waals surface area contributed by atoms with E-state index in [1.807, 2.05) is 60.7 Å². The van der Waals surface area contributed by atoms with Crippen molar-refractivity contribution in [2.75, 3.05) is 6.61 Å². The molecule has 0 aliphatic carbocycles. The van der Waals surface area contributed by atoms with E-state index in [1.54, 1.807) is 0 Å². The van der Waals surface area contributed by atoms with E-state index < -0.39 is 41.7 Å². The van der Waals surface area contributed by atoms with E-state index in [0.717, 1.165) is 11.1 Å². The summed E-state index contributed by atoms with van der Waals surface area (Å²) < 4.78 is 22.9. The fourth-order valence-corrected chi connectivity index (χ4v) is 3.54. The molecule has 0 spiro atoms. The fraction of sp³-hybridized carbons (Fsp3) is 0.409. The number of ether oxygens (including phenoxy) is 4. The molecule has 5 atom stereocenters. The second-order valence-corrected chi connectivity index (χ2v) is 7.40. The lowest BCUT2D eigenvalue weighted by Crippen LogP contribution is -2.61. The molecule has 3 rings (SSSR count). The second kappa shape index (κ2) is 12.5. The van der Waals surface area contributed by atoms with Crippen LogP contribution >= 0.6 is 0 Å². The normalized spacial score (nSPS) is 24.0. The number of benzene rings is 2. The minimum atomic E-state index is -1.63. The van der Waals surface area contributed by atoms with Crippen molar-refractivity contribution in [1.82, 2.24) is 0 Å². The summed E-state index contributed by atoms with van der Waals surface area (Å²) in [6, 6.07) is 17.2. The van der Waals surface area contributed by atoms with Crippen molar-refractivity contribution in [3.8, 4) is 0 Å². The lowest BCUT2D eigenvalue weighted by atomic mass is 9.97. The molecular formula is C22H24N4O8. The molecule has 0 bridgehead atoms. The van der Waals surface area contributed by atoms with E-state index in [0.29, 0.717) is 0 Å². The Balaban J connectivity index is 1.85. The average molecular weight is 472 g/mol. The van der Waals surface area contributed by atoms with E-state index in [-0.39, 0.29) is 19.8 Å². The van der Waals surface area contributed by atoms with Gasteiger partial charge < -0.3 is 18.9 Å². The van der Waals surface area contributed by atoms with Gasteiger partial charge in [0.05, 0.1) is 19.8 Å². The highest BCUT2D eigenvalue weighted by atomic mass is 17.0. The third-order valence-electron chi connectivity index (χ3n) is 4.97. The third-order valence-corrected chi connectivity index (χ3v) is 4.97. The smallest absolute Gasteiger partial charge is 0.303 e. The van der Waals surface area contributed by atoms with Gasteiger partial charge in [-0.2, -0.15) is 0 Å². The molecule has 1 fully saturated rings. The third kappa shape index (κ3) is 7.15. The van der Waals surface area contributed by atoms with Gasteiger partial charge in [0.2, 0.25) is 6.29 Å². The molecule has 12 heteroatoms. The van der Waals surface area contributed by atoms with Gasteiger partial charge in [-0.15, -0.1) is 10.1 Å². The Morgan fingerprint density at radius 1 is 1.09 bits per heavy atom. The summed E-state index contributed by atoms with van der Waals surface area (Å²) in [6.45, 7) is 1.46. The van der Waals surface area contributed by atoms with Crippen LogP contribution < -0.4 is 0 Å². The van der Waals surface area contributed by atoms with Crippen molar-refractivity contribution in [2.45, 2.75) is 50.8 Å². The van der Waals surface area contributed by atoms with Crippen LogP contribution in [0.3, 0.4) is 0 Å². The Bertz CT molecular complexity index is 987. The number of azide groups is 1. The van der Waals surface area contributed by atoms with E-state index >= 15 is 0 Å².